The maximum atomic E-state index is 13.9. The fourth-order valence-corrected chi connectivity index (χ4v) is 3.91. The first-order valence-corrected chi connectivity index (χ1v) is 10.8. The van der Waals surface area contributed by atoms with Crippen molar-refractivity contribution in [1.82, 2.24) is 19.9 Å². The summed E-state index contributed by atoms with van der Waals surface area (Å²) < 4.78 is 18.9. The van der Waals surface area contributed by atoms with Gasteiger partial charge < -0.3 is 15.0 Å². The second-order valence-corrected chi connectivity index (χ2v) is 8.22. The number of rotatable bonds is 6. The lowest BCUT2D eigenvalue weighted by Crippen LogP contribution is -2.38. The molecule has 3 heterocycles. The van der Waals surface area contributed by atoms with Gasteiger partial charge in [-0.05, 0) is 56.5 Å². The van der Waals surface area contributed by atoms with Crippen molar-refractivity contribution in [2.45, 2.75) is 39.3 Å². The number of piperidine rings is 1. The molecule has 0 unspecified atom stereocenters. The van der Waals surface area contributed by atoms with E-state index in [-0.39, 0.29) is 17.1 Å². The van der Waals surface area contributed by atoms with Gasteiger partial charge in [0.2, 0.25) is 0 Å². The third-order valence-electron chi connectivity index (χ3n) is 5.99. The van der Waals surface area contributed by atoms with Gasteiger partial charge in [0.1, 0.15) is 11.6 Å². The Balaban J connectivity index is 1.31. The molecule has 0 bridgehead atoms. The zero-order chi connectivity index (χ0) is 22.7. The highest BCUT2D eigenvalue weighted by atomic mass is 19.1. The van der Waals surface area contributed by atoms with Gasteiger partial charge in [-0.3, -0.25) is 9.69 Å². The molecule has 2 N–H and O–H groups in total. The normalized spacial score (nSPS) is 15.0. The summed E-state index contributed by atoms with van der Waals surface area (Å²) in [5, 5.41) is 3.49. The molecule has 7 nitrogen and oxygen atoms in total. The number of nitrogens with one attached hydrogen (secondary N) is 2. The molecule has 1 saturated heterocycles. The lowest BCUT2D eigenvalue weighted by atomic mass is 10.0. The molecule has 8 heteroatoms. The van der Waals surface area contributed by atoms with E-state index >= 15 is 0 Å². The van der Waals surface area contributed by atoms with Crippen molar-refractivity contribution in [2.75, 3.05) is 25.5 Å². The number of aromatic nitrogens is 3. The Labute approximate surface area is 186 Å². The van der Waals surface area contributed by atoms with Gasteiger partial charge in [-0.15, -0.1) is 0 Å². The Morgan fingerprint density at radius 3 is 2.62 bits per heavy atom. The number of methoxy groups -OCH3 is 1. The van der Waals surface area contributed by atoms with Crippen LogP contribution in [0.1, 0.15) is 29.7 Å². The van der Waals surface area contributed by atoms with Crippen molar-refractivity contribution in [3.05, 3.63) is 69.5 Å². The maximum absolute atomic E-state index is 13.9. The van der Waals surface area contributed by atoms with Crippen LogP contribution in [0.25, 0.3) is 11.4 Å². The standard InChI is InChI=1S/C24H28FN5O2/c1-15-16(2)27-23(29-24(15)31)18-5-7-22(26-13-18)28-19-8-10-30(11-9-19)14-17-4-6-21(32-3)20(25)12-17/h4-7,12-13,19H,8-11,14H2,1-3H3,(H,26,28)(H,27,29,31). The zero-order valence-corrected chi connectivity index (χ0v) is 18.6. The lowest BCUT2D eigenvalue weighted by molar-refractivity contribution is 0.211. The number of H-pyrrole nitrogens is 1. The number of ether oxygens (including phenoxy) is 1. The van der Waals surface area contributed by atoms with Crippen molar-refractivity contribution in [2.24, 2.45) is 0 Å². The fourth-order valence-electron chi connectivity index (χ4n) is 3.91. The second kappa shape index (κ2) is 9.48. The van der Waals surface area contributed by atoms with Crippen LogP contribution in [0.15, 0.2) is 41.3 Å². The predicted octanol–water partition coefficient (Wildman–Crippen LogP) is 3.67. The van der Waals surface area contributed by atoms with Gasteiger partial charge in [0.05, 0.1) is 7.11 Å². The number of likely N-dealkylation sites (tertiary alicyclic amines) is 1. The Bertz CT molecular complexity index is 1140. The van der Waals surface area contributed by atoms with E-state index in [4.69, 9.17) is 4.74 Å². The SMILES string of the molecule is COc1ccc(CN2CCC(Nc3ccc(-c4nc(C)c(C)c(=O)[nH]4)cn3)CC2)cc1F. The summed E-state index contributed by atoms with van der Waals surface area (Å²) in [5.41, 5.74) is 2.94. The first-order valence-electron chi connectivity index (χ1n) is 10.8. The summed E-state index contributed by atoms with van der Waals surface area (Å²) in [6, 6.07) is 9.29. The average Bonchev–Trinajstić information content (AvgIpc) is 2.79. The molecular weight excluding hydrogens is 409 g/mol. The van der Waals surface area contributed by atoms with Crippen molar-refractivity contribution >= 4 is 5.82 Å². The number of nitrogens with zero attached hydrogens (tertiary/aromatic N) is 3. The predicted molar refractivity (Wildman–Crippen MR) is 122 cm³/mol. The third-order valence-corrected chi connectivity index (χ3v) is 5.99. The Morgan fingerprint density at radius 1 is 1.22 bits per heavy atom. The van der Waals surface area contributed by atoms with Crippen molar-refractivity contribution < 1.29 is 9.13 Å². The van der Waals surface area contributed by atoms with Crippen LogP contribution in [-0.4, -0.2) is 46.1 Å². The molecule has 0 amide bonds. The van der Waals surface area contributed by atoms with Gasteiger partial charge in [0, 0.05) is 48.7 Å². The van der Waals surface area contributed by atoms with Gasteiger partial charge in [0.15, 0.2) is 11.6 Å². The minimum absolute atomic E-state index is 0.126. The van der Waals surface area contributed by atoms with Crippen molar-refractivity contribution in [3.8, 4) is 17.1 Å². The summed E-state index contributed by atoms with van der Waals surface area (Å²) in [5.74, 6) is 1.28. The molecule has 0 atom stereocenters. The lowest BCUT2D eigenvalue weighted by Gasteiger charge is -2.32. The first kappa shape index (κ1) is 22.0. The molecule has 1 aliphatic heterocycles. The Hall–Kier alpha value is -3.26. The van der Waals surface area contributed by atoms with E-state index in [1.165, 1.54) is 7.11 Å². The van der Waals surface area contributed by atoms with Crippen molar-refractivity contribution in [1.29, 1.82) is 0 Å². The van der Waals surface area contributed by atoms with Crippen LogP contribution in [0.4, 0.5) is 10.2 Å². The van der Waals surface area contributed by atoms with E-state index in [0.717, 1.165) is 55.1 Å². The Morgan fingerprint density at radius 2 is 2.00 bits per heavy atom. The molecule has 3 aromatic rings. The molecule has 4 rings (SSSR count). The number of hydrogen-bond acceptors (Lipinski definition) is 6. The maximum Gasteiger partial charge on any atom is 0.254 e. The molecule has 1 fully saturated rings. The van der Waals surface area contributed by atoms with E-state index in [1.807, 2.05) is 25.1 Å². The molecule has 32 heavy (non-hydrogen) atoms. The van der Waals surface area contributed by atoms with Gasteiger partial charge in [-0.25, -0.2) is 14.4 Å². The van der Waals surface area contributed by atoms with Crippen LogP contribution >= 0.6 is 0 Å². The zero-order valence-electron chi connectivity index (χ0n) is 18.6. The van der Waals surface area contributed by atoms with Crippen LogP contribution in [0.3, 0.4) is 0 Å². The number of aromatic amines is 1. The molecule has 0 aliphatic carbocycles. The van der Waals surface area contributed by atoms with Crippen LogP contribution in [-0.2, 0) is 6.54 Å². The number of halogens is 1. The monoisotopic (exact) mass is 437 g/mol. The Kier molecular flexibility index (Phi) is 6.50. The average molecular weight is 438 g/mol. The number of aryl methyl sites for hydroxylation is 1. The number of hydrogen-bond donors (Lipinski definition) is 2. The minimum Gasteiger partial charge on any atom is -0.494 e. The first-order chi connectivity index (χ1) is 15.4. The van der Waals surface area contributed by atoms with Gasteiger partial charge in [-0.1, -0.05) is 6.07 Å². The molecular formula is C24H28FN5O2. The van der Waals surface area contributed by atoms with Crippen LogP contribution < -0.4 is 15.6 Å². The molecule has 1 aromatic carbocycles. The highest BCUT2D eigenvalue weighted by Crippen LogP contribution is 2.22. The van der Waals surface area contributed by atoms with E-state index in [1.54, 1.807) is 25.3 Å². The fraction of sp³-hybridized carbons (Fsp3) is 0.375. The largest absolute Gasteiger partial charge is 0.494 e. The third kappa shape index (κ3) is 4.96. The van der Waals surface area contributed by atoms with E-state index in [2.05, 4.69) is 25.2 Å². The number of benzene rings is 1. The molecule has 1 aliphatic rings. The van der Waals surface area contributed by atoms with Gasteiger partial charge >= 0.3 is 0 Å². The summed E-state index contributed by atoms with van der Waals surface area (Å²) in [4.78, 5) is 26.1. The summed E-state index contributed by atoms with van der Waals surface area (Å²) in [6.07, 6.45) is 3.69. The van der Waals surface area contributed by atoms with E-state index in [0.29, 0.717) is 17.4 Å². The minimum atomic E-state index is -0.323. The van der Waals surface area contributed by atoms with E-state index in [9.17, 15) is 9.18 Å². The van der Waals surface area contributed by atoms with Crippen LogP contribution in [0.2, 0.25) is 0 Å². The molecule has 0 radical (unpaired) electrons. The molecule has 168 valence electrons. The molecule has 0 saturated carbocycles. The topological polar surface area (TPSA) is 83.1 Å². The van der Waals surface area contributed by atoms with Crippen molar-refractivity contribution in [3.63, 3.8) is 0 Å². The van der Waals surface area contributed by atoms with Gasteiger partial charge in [0.25, 0.3) is 5.56 Å². The quantitative estimate of drug-likeness (QED) is 0.612. The summed E-state index contributed by atoms with van der Waals surface area (Å²) in [7, 11) is 1.47. The van der Waals surface area contributed by atoms with Crippen LogP contribution in [0.5, 0.6) is 5.75 Å². The van der Waals surface area contributed by atoms with E-state index < -0.39 is 0 Å². The number of pyridine rings is 1. The highest BCUT2D eigenvalue weighted by Gasteiger charge is 2.20. The summed E-state index contributed by atoms with van der Waals surface area (Å²) in [6.45, 7) is 6.17. The number of anilines is 1. The summed E-state index contributed by atoms with van der Waals surface area (Å²) >= 11 is 0. The molecule has 2 aromatic heterocycles. The second-order valence-electron chi connectivity index (χ2n) is 8.22. The van der Waals surface area contributed by atoms with Crippen LogP contribution in [0, 0.1) is 19.7 Å². The highest BCUT2D eigenvalue weighted by molar-refractivity contribution is 5.56. The molecule has 0 spiro atoms. The van der Waals surface area contributed by atoms with Gasteiger partial charge in [-0.2, -0.15) is 0 Å². The smallest absolute Gasteiger partial charge is 0.254 e.